The van der Waals surface area contributed by atoms with Gasteiger partial charge in [0.25, 0.3) is 0 Å². The molecular formula is C14H14F2N2O. The Morgan fingerprint density at radius 3 is 2.32 bits per heavy atom. The second-order valence-electron chi connectivity index (χ2n) is 4.08. The number of anilines is 3. The number of halogens is 2. The minimum absolute atomic E-state index is 0.0836. The lowest BCUT2D eigenvalue weighted by molar-refractivity contribution is 0.415. The van der Waals surface area contributed by atoms with E-state index in [4.69, 9.17) is 10.5 Å². The number of nitrogen functional groups attached to an aromatic ring is 1. The van der Waals surface area contributed by atoms with Gasteiger partial charge in [0.15, 0.2) is 5.82 Å². The SMILES string of the molecule is COc1ccc(N(C)c2cc(F)cc(F)c2N)cc1. The molecule has 0 atom stereocenters. The molecule has 2 rings (SSSR count). The molecule has 0 aliphatic carbocycles. The van der Waals surface area contributed by atoms with E-state index in [1.807, 2.05) is 0 Å². The van der Waals surface area contributed by atoms with Crippen molar-refractivity contribution in [3.05, 3.63) is 48.0 Å². The summed E-state index contributed by atoms with van der Waals surface area (Å²) in [5, 5.41) is 0. The van der Waals surface area contributed by atoms with Gasteiger partial charge in [0, 0.05) is 18.8 Å². The molecule has 3 nitrogen and oxygen atoms in total. The van der Waals surface area contributed by atoms with Crippen molar-refractivity contribution in [2.24, 2.45) is 0 Å². The van der Waals surface area contributed by atoms with Gasteiger partial charge >= 0.3 is 0 Å². The van der Waals surface area contributed by atoms with Gasteiger partial charge in [-0.15, -0.1) is 0 Å². The van der Waals surface area contributed by atoms with Gasteiger partial charge in [-0.1, -0.05) is 0 Å². The van der Waals surface area contributed by atoms with E-state index in [0.717, 1.165) is 11.8 Å². The molecule has 5 heteroatoms. The summed E-state index contributed by atoms with van der Waals surface area (Å²) >= 11 is 0. The zero-order valence-corrected chi connectivity index (χ0v) is 10.7. The Kier molecular flexibility index (Phi) is 3.55. The number of benzene rings is 2. The first-order valence-corrected chi connectivity index (χ1v) is 5.65. The first-order chi connectivity index (χ1) is 9.02. The standard InChI is InChI=1S/C14H14F2N2O/c1-18(10-3-5-11(19-2)6-4-10)13-8-9(15)7-12(16)14(13)17/h3-8H,17H2,1-2H3. The molecular weight excluding hydrogens is 250 g/mol. The van der Waals surface area contributed by atoms with E-state index in [2.05, 4.69) is 0 Å². The summed E-state index contributed by atoms with van der Waals surface area (Å²) in [6.07, 6.45) is 0. The van der Waals surface area contributed by atoms with E-state index in [-0.39, 0.29) is 11.4 Å². The fourth-order valence-electron chi connectivity index (χ4n) is 1.79. The van der Waals surface area contributed by atoms with Crippen molar-refractivity contribution in [3.63, 3.8) is 0 Å². The number of ether oxygens (including phenoxy) is 1. The summed E-state index contributed by atoms with van der Waals surface area (Å²) in [4.78, 5) is 1.61. The summed E-state index contributed by atoms with van der Waals surface area (Å²) in [6, 6.07) is 9.04. The molecule has 0 unspecified atom stereocenters. The molecule has 0 aromatic heterocycles. The van der Waals surface area contributed by atoms with E-state index >= 15 is 0 Å². The highest BCUT2D eigenvalue weighted by molar-refractivity contribution is 5.75. The molecule has 0 saturated carbocycles. The lowest BCUT2D eigenvalue weighted by Crippen LogP contribution is -2.13. The Bertz CT molecular complexity index is 585. The summed E-state index contributed by atoms with van der Waals surface area (Å²) in [5.74, 6) is -0.729. The molecule has 2 aromatic carbocycles. The second-order valence-corrected chi connectivity index (χ2v) is 4.08. The zero-order chi connectivity index (χ0) is 14.0. The summed E-state index contributed by atoms with van der Waals surface area (Å²) in [5.41, 5.74) is 6.58. The van der Waals surface area contributed by atoms with Gasteiger partial charge < -0.3 is 15.4 Å². The number of nitrogens with zero attached hydrogens (tertiary/aromatic N) is 1. The molecule has 0 aliphatic rings. The molecule has 2 aromatic rings. The molecule has 0 heterocycles. The average Bonchev–Trinajstić information content (AvgIpc) is 2.42. The first-order valence-electron chi connectivity index (χ1n) is 5.65. The molecule has 0 fully saturated rings. The largest absolute Gasteiger partial charge is 0.497 e. The van der Waals surface area contributed by atoms with Crippen molar-refractivity contribution >= 4 is 17.1 Å². The van der Waals surface area contributed by atoms with Crippen molar-refractivity contribution in [1.82, 2.24) is 0 Å². The number of hydrogen-bond donors (Lipinski definition) is 1. The first kappa shape index (κ1) is 13.1. The van der Waals surface area contributed by atoms with Crippen LogP contribution in [0.5, 0.6) is 5.75 Å². The van der Waals surface area contributed by atoms with Gasteiger partial charge in [-0.2, -0.15) is 0 Å². The molecule has 0 radical (unpaired) electrons. The van der Waals surface area contributed by atoms with Crippen LogP contribution < -0.4 is 15.4 Å². The van der Waals surface area contributed by atoms with Gasteiger partial charge in [-0.3, -0.25) is 0 Å². The zero-order valence-electron chi connectivity index (χ0n) is 10.7. The highest BCUT2D eigenvalue weighted by Crippen LogP contribution is 2.32. The Labute approximate surface area is 110 Å². The smallest absolute Gasteiger partial charge is 0.151 e. The van der Waals surface area contributed by atoms with Crippen molar-refractivity contribution in [3.8, 4) is 5.75 Å². The maximum atomic E-state index is 13.4. The molecule has 0 spiro atoms. The molecule has 0 aliphatic heterocycles. The molecule has 0 amide bonds. The predicted octanol–water partition coefficient (Wildman–Crippen LogP) is 3.32. The number of hydrogen-bond acceptors (Lipinski definition) is 3. The minimum Gasteiger partial charge on any atom is -0.497 e. The average molecular weight is 264 g/mol. The Hall–Kier alpha value is -2.30. The van der Waals surface area contributed by atoms with Crippen LogP contribution in [0.15, 0.2) is 36.4 Å². The van der Waals surface area contributed by atoms with Crippen LogP contribution in [0.25, 0.3) is 0 Å². The summed E-state index contributed by atoms with van der Waals surface area (Å²) in [7, 11) is 3.26. The van der Waals surface area contributed by atoms with E-state index in [0.29, 0.717) is 5.75 Å². The molecule has 0 bridgehead atoms. The maximum Gasteiger partial charge on any atom is 0.151 e. The van der Waals surface area contributed by atoms with Gasteiger partial charge in [-0.25, -0.2) is 8.78 Å². The van der Waals surface area contributed by atoms with Crippen molar-refractivity contribution < 1.29 is 13.5 Å². The fourth-order valence-corrected chi connectivity index (χ4v) is 1.79. The number of methoxy groups -OCH3 is 1. The van der Waals surface area contributed by atoms with Crippen LogP contribution in [0, 0.1) is 11.6 Å². The van der Waals surface area contributed by atoms with Gasteiger partial charge in [0.1, 0.15) is 11.6 Å². The fraction of sp³-hybridized carbons (Fsp3) is 0.143. The predicted molar refractivity (Wildman–Crippen MR) is 71.8 cm³/mol. The lowest BCUT2D eigenvalue weighted by atomic mass is 10.2. The van der Waals surface area contributed by atoms with E-state index in [1.165, 1.54) is 6.07 Å². The number of rotatable bonds is 3. The Morgan fingerprint density at radius 2 is 1.74 bits per heavy atom. The normalized spacial score (nSPS) is 10.3. The summed E-state index contributed by atoms with van der Waals surface area (Å²) < 4.78 is 31.7. The van der Waals surface area contributed by atoms with Crippen molar-refractivity contribution in [2.45, 2.75) is 0 Å². The monoisotopic (exact) mass is 264 g/mol. The third kappa shape index (κ3) is 2.59. The third-order valence-corrected chi connectivity index (χ3v) is 2.89. The summed E-state index contributed by atoms with van der Waals surface area (Å²) in [6.45, 7) is 0. The van der Waals surface area contributed by atoms with Crippen LogP contribution in [0.3, 0.4) is 0 Å². The maximum absolute atomic E-state index is 13.4. The molecule has 2 N–H and O–H groups in total. The van der Waals surface area contributed by atoms with Gasteiger partial charge in [0.05, 0.1) is 18.5 Å². The van der Waals surface area contributed by atoms with Crippen LogP contribution in [0.4, 0.5) is 25.8 Å². The van der Waals surface area contributed by atoms with E-state index in [1.54, 1.807) is 43.3 Å². The van der Waals surface area contributed by atoms with Crippen LogP contribution in [0.1, 0.15) is 0 Å². The molecule has 100 valence electrons. The Balaban J connectivity index is 2.40. The van der Waals surface area contributed by atoms with E-state index in [9.17, 15) is 8.78 Å². The Morgan fingerprint density at radius 1 is 1.11 bits per heavy atom. The second kappa shape index (κ2) is 5.14. The van der Waals surface area contributed by atoms with Gasteiger partial charge in [0.2, 0.25) is 0 Å². The lowest BCUT2D eigenvalue weighted by Gasteiger charge is -2.21. The van der Waals surface area contributed by atoms with Crippen molar-refractivity contribution in [1.29, 1.82) is 0 Å². The quantitative estimate of drug-likeness (QED) is 0.864. The third-order valence-electron chi connectivity index (χ3n) is 2.89. The molecule has 0 saturated heterocycles. The van der Waals surface area contributed by atoms with E-state index < -0.39 is 11.6 Å². The van der Waals surface area contributed by atoms with Crippen LogP contribution in [0.2, 0.25) is 0 Å². The highest BCUT2D eigenvalue weighted by Gasteiger charge is 2.13. The minimum atomic E-state index is -0.768. The highest BCUT2D eigenvalue weighted by atomic mass is 19.1. The topological polar surface area (TPSA) is 38.5 Å². The van der Waals surface area contributed by atoms with Crippen LogP contribution >= 0.6 is 0 Å². The molecule has 19 heavy (non-hydrogen) atoms. The van der Waals surface area contributed by atoms with Crippen LogP contribution in [-0.4, -0.2) is 14.2 Å². The van der Waals surface area contributed by atoms with Crippen molar-refractivity contribution in [2.75, 3.05) is 24.8 Å². The van der Waals surface area contributed by atoms with Gasteiger partial charge in [-0.05, 0) is 30.3 Å². The van der Waals surface area contributed by atoms with Crippen LogP contribution in [-0.2, 0) is 0 Å². The number of nitrogens with two attached hydrogens (primary N) is 1.